The highest BCUT2D eigenvalue weighted by molar-refractivity contribution is 7.19. The molecule has 5 nitrogen and oxygen atoms in total. The van der Waals surface area contributed by atoms with Crippen LogP contribution in [-0.4, -0.2) is 27.2 Å². The lowest BCUT2D eigenvalue weighted by Crippen LogP contribution is -2.75. The van der Waals surface area contributed by atoms with Gasteiger partial charge in [0, 0.05) is 67.6 Å². The van der Waals surface area contributed by atoms with Gasteiger partial charge in [-0.1, -0.05) is 115 Å². The van der Waals surface area contributed by atoms with E-state index in [9.17, 15) is 0 Å². The second kappa shape index (κ2) is 12.7. The lowest BCUT2D eigenvalue weighted by Gasteiger charge is -2.33. The third-order valence-electron chi connectivity index (χ3n) is 12.0. The van der Waals surface area contributed by atoms with E-state index in [1.807, 2.05) is 36.8 Å². The molecule has 0 saturated carbocycles. The first kappa shape index (κ1) is 32.7. The van der Waals surface area contributed by atoms with E-state index in [1.165, 1.54) is 31.7 Å². The summed E-state index contributed by atoms with van der Waals surface area (Å²) in [6.07, 6.45) is 5.81. The maximum atomic E-state index is 6.36. The van der Waals surface area contributed by atoms with E-state index in [4.69, 9.17) is 9.40 Å². The van der Waals surface area contributed by atoms with Crippen molar-refractivity contribution in [2.45, 2.75) is 0 Å². The molecule has 12 aromatic rings. The highest BCUT2D eigenvalue weighted by Gasteiger charge is 2.43. The molecule has 1 unspecified atom stereocenters. The molecule has 0 aliphatic heterocycles. The van der Waals surface area contributed by atoms with Crippen LogP contribution in [0.15, 0.2) is 211 Å². The van der Waals surface area contributed by atoms with Crippen molar-refractivity contribution in [3.8, 4) is 11.4 Å². The Kier molecular flexibility index (Phi) is 7.18. The minimum atomic E-state index is -3.01. The van der Waals surface area contributed by atoms with Crippen molar-refractivity contribution in [1.82, 2.24) is 19.1 Å². The molecule has 272 valence electrons. The molecule has 0 aliphatic rings. The van der Waals surface area contributed by atoms with Gasteiger partial charge in [0.05, 0.1) is 22.1 Å². The Labute approximate surface area is 334 Å². The van der Waals surface area contributed by atoms with E-state index in [0.29, 0.717) is 0 Å². The number of hydrogen-bond donors (Lipinski definition) is 0. The molecule has 0 amide bonds. The van der Waals surface area contributed by atoms with Crippen LogP contribution in [0.25, 0.3) is 76.9 Å². The Hall–Kier alpha value is -7.54. The maximum absolute atomic E-state index is 6.36. The van der Waals surface area contributed by atoms with Crippen molar-refractivity contribution in [2.24, 2.45) is 0 Å². The number of para-hydroxylation sites is 3. The van der Waals surface area contributed by atoms with Gasteiger partial charge in [-0.3, -0.25) is 9.97 Å². The molecule has 0 radical (unpaired) electrons. The number of hydrogen-bond acceptors (Lipinski definition) is 3. The fourth-order valence-corrected chi connectivity index (χ4v) is 14.1. The number of nitrogens with zero attached hydrogens (tertiary/aromatic N) is 4. The molecule has 5 aromatic heterocycles. The Morgan fingerprint density at radius 2 is 1.03 bits per heavy atom. The molecule has 0 bridgehead atoms. The fraction of sp³-hybridized carbons (Fsp3) is 0. The van der Waals surface area contributed by atoms with E-state index < -0.39 is 8.07 Å². The zero-order chi connectivity index (χ0) is 38.2. The highest BCUT2D eigenvalue weighted by atomic mass is 28.3. The van der Waals surface area contributed by atoms with Crippen molar-refractivity contribution in [3.05, 3.63) is 207 Å². The fourth-order valence-electron chi connectivity index (χ4n) is 9.51. The predicted molar refractivity (Wildman–Crippen MR) is 242 cm³/mol. The van der Waals surface area contributed by atoms with Crippen molar-refractivity contribution in [1.29, 1.82) is 0 Å². The van der Waals surface area contributed by atoms with Gasteiger partial charge in [-0.2, -0.15) is 0 Å². The van der Waals surface area contributed by atoms with E-state index in [1.54, 1.807) is 0 Å². The summed E-state index contributed by atoms with van der Waals surface area (Å²) in [7, 11) is -3.01. The smallest absolute Gasteiger partial charge is 0.201 e. The van der Waals surface area contributed by atoms with Gasteiger partial charge in [0.15, 0.2) is 0 Å². The lowest BCUT2D eigenvalue weighted by molar-refractivity contribution is 0.669. The Bertz CT molecular complexity index is 3420. The van der Waals surface area contributed by atoms with Crippen LogP contribution in [0.2, 0.25) is 0 Å². The summed E-state index contributed by atoms with van der Waals surface area (Å²) in [5.41, 5.74) is 8.62. The summed E-state index contributed by atoms with van der Waals surface area (Å²) in [6.45, 7) is 0. The number of fused-ring (bicyclic) bond motifs is 9. The molecule has 0 spiro atoms. The van der Waals surface area contributed by atoms with Crippen molar-refractivity contribution < 1.29 is 4.42 Å². The molecule has 0 aliphatic carbocycles. The first-order chi connectivity index (χ1) is 28.8. The minimum absolute atomic E-state index is 0.903. The summed E-state index contributed by atoms with van der Waals surface area (Å²) < 4.78 is 11.1. The Morgan fingerprint density at radius 1 is 0.379 bits per heavy atom. The molecule has 0 fully saturated rings. The second-order valence-corrected chi connectivity index (χ2v) is 18.7. The zero-order valence-electron chi connectivity index (χ0n) is 31.3. The monoisotopic (exact) mass is 758 g/mol. The van der Waals surface area contributed by atoms with Gasteiger partial charge in [-0.15, -0.1) is 0 Å². The molecule has 58 heavy (non-hydrogen) atoms. The number of pyridine rings is 2. The van der Waals surface area contributed by atoms with E-state index >= 15 is 0 Å². The normalized spacial score (nSPS) is 13.0. The van der Waals surface area contributed by atoms with Gasteiger partial charge in [0.2, 0.25) is 8.07 Å². The Morgan fingerprint density at radius 3 is 1.83 bits per heavy atom. The number of aromatic nitrogens is 4. The predicted octanol–water partition coefficient (Wildman–Crippen LogP) is 9.95. The SMILES string of the molecule is c1ccc([Si](c2ccc(-n3c4ccccc4c4cc5oc6ccccc6c5cc43)cc2)(c2cccc(-n3c4ccccc4c4cnccc43)c2)c2ccccn2)cc1. The summed E-state index contributed by atoms with van der Waals surface area (Å²) in [5, 5.41) is 11.8. The Balaban J connectivity index is 1.10. The standard InChI is InChI=1S/C52H34N4OSi/c1-2-14-37(15-3-1)58(52-23-10-11-29-54-52,39-16-12-13-36(31-39)56-47-21-8-5-18-41(47)45-34-53-30-28-48(45)56)38-26-24-35(25-27-38)55-46-20-7-4-17-40(46)43-33-51-44(32-49(43)55)42-19-6-9-22-50(42)57-51/h1-34H. The maximum Gasteiger partial charge on any atom is 0.201 e. The largest absolute Gasteiger partial charge is 0.456 e. The zero-order valence-corrected chi connectivity index (χ0v) is 32.3. The second-order valence-electron chi connectivity index (χ2n) is 15.0. The van der Waals surface area contributed by atoms with Crippen LogP contribution in [0, 0.1) is 0 Å². The van der Waals surface area contributed by atoms with Crippen LogP contribution in [-0.2, 0) is 0 Å². The van der Waals surface area contributed by atoms with Gasteiger partial charge in [0.1, 0.15) is 11.2 Å². The van der Waals surface area contributed by atoms with Crippen molar-refractivity contribution in [3.63, 3.8) is 0 Å². The van der Waals surface area contributed by atoms with Crippen molar-refractivity contribution >= 4 is 94.5 Å². The van der Waals surface area contributed by atoms with Crippen LogP contribution in [0.3, 0.4) is 0 Å². The number of furan rings is 1. The van der Waals surface area contributed by atoms with Gasteiger partial charge in [-0.05, 0) is 88.4 Å². The molecule has 1 atom stereocenters. The summed E-state index contributed by atoms with van der Waals surface area (Å²) in [4.78, 5) is 9.72. The minimum Gasteiger partial charge on any atom is -0.456 e. The highest BCUT2D eigenvalue weighted by Crippen LogP contribution is 2.38. The lowest BCUT2D eigenvalue weighted by atomic mass is 10.1. The van der Waals surface area contributed by atoms with Crippen LogP contribution in [0.5, 0.6) is 0 Å². The quantitative estimate of drug-likeness (QED) is 0.125. The average molecular weight is 759 g/mol. The third-order valence-corrected chi connectivity index (χ3v) is 16.6. The molecular formula is C52H34N4OSi. The summed E-state index contributed by atoms with van der Waals surface area (Å²) >= 11 is 0. The molecule has 7 aromatic carbocycles. The molecule has 12 rings (SSSR count). The van der Waals surface area contributed by atoms with E-state index in [-0.39, 0.29) is 0 Å². The molecule has 0 saturated heterocycles. The first-order valence-corrected chi connectivity index (χ1v) is 21.6. The number of rotatable bonds is 6. The van der Waals surface area contributed by atoms with Crippen LogP contribution in [0.1, 0.15) is 0 Å². The summed E-state index contributed by atoms with van der Waals surface area (Å²) in [6, 6.07) is 68.1. The van der Waals surface area contributed by atoms with Crippen LogP contribution < -0.4 is 20.9 Å². The topological polar surface area (TPSA) is 48.8 Å². The molecule has 0 N–H and O–H groups in total. The van der Waals surface area contributed by atoms with E-state index in [2.05, 4.69) is 184 Å². The third kappa shape index (κ3) is 4.70. The van der Waals surface area contributed by atoms with Gasteiger partial charge < -0.3 is 13.6 Å². The number of benzene rings is 7. The van der Waals surface area contributed by atoms with Gasteiger partial charge >= 0.3 is 0 Å². The molecule has 6 heteroatoms. The van der Waals surface area contributed by atoms with Crippen molar-refractivity contribution in [2.75, 3.05) is 0 Å². The first-order valence-electron chi connectivity index (χ1n) is 19.6. The van der Waals surface area contributed by atoms with E-state index in [0.717, 1.165) is 66.1 Å². The van der Waals surface area contributed by atoms with Gasteiger partial charge in [-0.25, -0.2) is 0 Å². The van der Waals surface area contributed by atoms with Crippen LogP contribution in [0.4, 0.5) is 0 Å². The van der Waals surface area contributed by atoms with Crippen LogP contribution >= 0.6 is 0 Å². The molecule has 5 heterocycles. The summed E-state index contributed by atoms with van der Waals surface area (Å²) in [5.74, 6) is 0. The van der Waals surface area contributed by atoms with Gasteiger partial charge in [0.25, 0.3) is 0 Å². The average Bonchev–Trinajstić information content (AvgIpc) is 3.94. The molecular weight excluding hydrogens is 725 g/mol.